The fourth-order valence-electron chi connectivity index (χ4n) is 3.24. The molecule has 0 bridgehead atoms. The summed E-state index contributed by atoms with van der Waals surface area (Å²) in [6.07, 6.45) is -1.01. The highest BCUT2D eigenvalue weighted by molar-refractivity contribution is 5.96. The zero-order valence-corrected chi connectivity index (χ0v) is 19.2. The third kappa shape index (κ3) is 5.47. The predicted molar refractivity (Wildman–Crippen MR) is 120 cm³/mol. The van der Waals surface area contributed by atoms with Crippen LogP contribution < -0.4 is 4.74 Å². The van der Waals surface area contributed by atoms with Crippen molar-refractivity contribution in [3.8, 4) is 34.8 Å². The Morgan fingerprint density at radius 2 is 1.56 bits per heavy atom. The molecule has 0 aliphatic rings. The Bertz CT molecular complexity index is 1350. The minimum Gasteiger partial charge on any atom is -0.449 e. The zero-order chi connectivity index (χ0) is 26.2. The Balaban J connectivity index is 2.14. The van der Waals surface area contributed by atoms with E-state index in [1.807, 2.05) is 0 Å². The first-order valence-electron chi connectivity index (χ1n) is 10.5. The van der Waals surface area contributed by atoms with Crippen LogP contribution in [0.4, 0.5) is 13.2 Å². The number of carbonyl (C=O) groups is 1. The first-order chi connectivity index (χ1) is 17.3. The maximum absolute atomic E-state index is 15.0. The first-order valence-corrected chi connectivity index (χ1v) is 10.5. The van der Waals surface area contributed by atoms with Crippen molar-refractivity contribution in [2.24, 2.45) is 0 Å². The van der Waals surface area contributed by atoms with Gasteiger partial charge >= 0.3 is 5.97 Å². The van der Waals surface area contributed by atoms with Gasteiger partial charge < -0.3 is 18.9 Å². The fraction of sp³-hybridized carbons (Fsp3) is 0.192. The highest BCUT2D eigenvalue weighted by Gasteiger charge is 2.29. The lowest BCUT2D eigenvalue weighted by atomic mass is 10.0. The smallest absolute Gasteiger partial charge is 0.344 e. The molecule has 3 aromatic carbocycles. The number of benzene rings is 3. The molecule has 1 unspecified atom stereocenters. The van der Waals surface area contributed by atoms with E-state index in [9.17, 15) is 18.8 Å². The van der Waals surface area contributed by atoms with Gasteiger partial charge in [-0.15, -0.1) is 0 Å². The predicted octanol–water partition coefficient (Wildman–Crippen LogP) is 5.47. The number of halogens is 3. The van der Waals surface area contributed by atoms with Gasteiger partial charge in [-0.3, -0.25) is 0 Å². The molecule has 0 heterocycles. The van der Waals surface area contributed by atoms with Crippen LogP contribution in [0.1, 0.15) is 28.4 Å². The van der Waals surface area contributed by atoms with Crippen molar-refractivity contribution in [3.63, 3.8) is 0 Å². The number of hydrogen-bond donors (Lipinski definition) is 0. The van der Waals surface area contributed by atoms with E-state index >= 15 is 4.39 Å². The molecule has 3 rings (SSSR count). The lowest BCUT2D eigenvalue weighted by Gasteiger charge is -2.19. The monoisotopic (exact) mass is 496 g/mol. The Morgan fingerprint density at radius 1 is 0.889 bits per heavy atom. The van der Waals surface area contributed by atoms with E-state index in [2.05, 4.69) is 0 Å². The SMILES string of the molecule is COCCOC(C)OC(=O)c1cccc(-c2ccccc2)c1Oc1c(F)c(F)c(C#N)c(C#N)c1F. The average molecular weight is 496 g/mol. The molecule has 0 spiro atoms. The van der Waals surface area contributed by atoms with E-state index in [0.29, 0.717) is 5.56 Å². The minimum absolute atomic E-state index is 0.135. The largest absolute Gasteiger partial charge is 0.449 e. The number of esters is 1. The number of rotatable bonds is 9. The second-order valence-corrected chi connectivity index (χ2v) is 7.23. The summed E-state index contributed by atoms with van der Waals surface area (Å²) in [4.78, 5) is 13.0. The van der Waals surface area contributed by atoms with Crippen molar-refractivity contribution in [3.05, 3.63) is 82.7 Å². The molecule has 36 heavy (non-hydrogen) atoms. The summed E-state index contributed by atoms with van der Waals surface area (Å²) >= 11 is 0. The summed E-state index contributed by atoms with van der Waals surface area (Å²) in [7, 11) is 1.47. The second kappa shape index (κ2) is 11.8. The summed E-state index contributed by atoms with van der Waals surface area (Å²) in [5.74, 6) is -7.78. The summed E-state index contributed by atoms with van der Waals surface area (Å²) in [5.41, 5.74) is -1.66. The molecular weight excluding hydrogens is 477 g/mol. The standard InChI is InChI=1S/C26H19F3N2O5/c1-15(34-12-11-33-2)35-26(32)18-10-6-9-17(16-7-4-3-5-8-16)24(18)36-25-22(28)20(14-31)19(13-30)21(27)23(25)29/h3-10,15H,11-12H2,1-2H3. The lowest BCUT2D eigenvalue weighted by molar-refractivity contribution is -0.107. The molecule has 184 valence electrons. The van der Waals surface area contributed by atoms with Gasteiger partial charge in [-0.2, -0.15) is 14.9 Å². The van der Waals surface area contributed by atoms with E-state index in [1.54, 1.807) is 30.3 Å². The number of methoxy groups -OCH3 is 1. The fourth-order valence-corrected chi connectivity index (χ4v) is 3.24. The van der Waals surface area contributed by atoms with Crippen LogP contribution in [0.15, 0.2) is 48.5 Å². The van der Waals surface area contributed by atoms with Gasteiger partial charge in [0.15, 0.2) is 11.6 Å². The Kier molecular flexibility index (Phi) is 8.63. The molecule has 0 saturated heterocycles. The molecule has 3 aromatic rings. The molecule has 0 aliphatic heterocycles. The molecular formula is C26H19F3N2O5. The number of hydrogen-bond acceptors (Lipinski definition) is 7. The Hall–Kier alpha value is -4.38. The second-order valence-electron chi connectivity index (χ2n) is 7.23. The van der Waals surface area contributed by atoms with Gasteiger partial charge in [0, 0.05) is 12.7 Å². The zero-order valence-electron chi connectivity index (χ0n) is 19.2. The topological polar surface area (TPSA) is 102 Å². The average Bonchev–Trinajstić information content (AvgIpc) is 2.89. The van der Waals surface area contributed by atoms with Crippen LogP contribution in [-0.2, 0) is 14.2 Å². The van der Waals surface area contributed by atoms with Crippen molar-refractivity contribution < 1.29 is 36.9 Å². The lowest BCUT2D eigenvalue weighted by Crippen LogP contribution is -2.20. The first kappa shape index (κ1) is 26.2. The van der Waals surface area contributed by atoms with E-state index in [-0.39, 0.29) is 30.1 Å². The number of carbonyl (C=O) groups excluding carboxylic acids is 1. The van der Waals surface area contributed by atoms with Crippen LogP contribution >= 0.6 is 0 Å². The summed E-state index contributed by atoms with van der Waals surface area (Å²) in [6.45, 7) is 1.85. The van der Waals surface area contributed by atoms with Crippen molar-refractivity contribution >= 4 is 5.97 Å². The van der Waals surface area contributed by atoms with Gasteiger partial charge in [0.1, 0.15) is 34.6 Å². The third-order valence-electron chi connectivity index (χ3n) is 4.94. The molecule has 0 amide bonds. The maximum atomic E-state index is 15.0. The molecule has 0 aromatic heterocycles. The van der Waals surface area contributed by atoms with E-state index in [0.717, 1.165) is 0 Å². The molecule has 0 N–H and O–H groups in total. The van der Waals surface area contributed by atoms with Gasteiger partial charge in [-0.1, -0.05) is 42.5 Å². The summed E-state index contributed by atoms with van der Waals surface area (Å²) in [6, 6.07) is 15.3. The molecule has 0 fully saturated rings. The maximum Gasteiger partial charge on any atom is 0.344 e. The minimum atomic E-state index is -1.83. The molecule has 0 radical (unpaired) electrons. The summed E-state index contributed by atoms with van der Waals surface area (Å²) < 4.78 is 65.3. The van der Waals surface area contributed by atoms with Gasteiger partial charge in [0.25, 0.3) is 0 Å². The number of nitrogens with zero attached hydrogens (tertiary/aromatic N) is 2. The highest BCUT2D eigenvalue weighted by atomic mass is 19.2. The summed E-state index contributed by atoms with van der Waals surface area (Å²) in [5, 5.41) is 18.3. The van der Waals surface area contributed by atoms with Crippen molar-refractivity contribution in [2.45, 2.75) is 13.2 Å². The Labute approximate surface area is 204 Å². The van der Waals surface area contributed by atoms with Crippen LogP contribution in [0.25, 0.3) is 11.1 Å². The number of para-hydroxylation sites is 1. The third-order valence-corrected chi connectivity index (χ3v) is 4.94. The molecule has 0 aliphatic carbocycles. The Morgan fingerprint density at radius 3 is 2.19 bits per heavy atom. The van der Waals surface area contributed by atoms with Gasteiger partial charge in [0.2, 0.25) is 17.9 Å². The van der Waals surface area contributed by atoms with E-state index in [4.69, 9.17) is 24.2 Å². The van der Waals surface area contributed by atoms with E-state index < -0.39 is 46.6 Å². The van der Waals surface area contributed by atoms with Crippen molar-refractivity contribution in [1.82, 2.24) is 0 Å². The van der Waals surface area contributed by atoms with E-state index in [1.165, 1.54) is 44.4 Å². The van der Waals surface area contributed by atoms with Crippen LogP contribution in [0.5, 0.6) is 11.5 Å². The van der Waals surface area contributed by atoms with Gasteiger partial charge in [-0.25, -0.2) is 13.6 Å². The molecule has 0 saturated carbocycles. The van der Waals surface area contributed by atoms with Crippen LogP contribution in [-0.4, -0.2) is 32.6 Å². The quantitative estimate of drug-likeness (QED) is 0.167. The highest BCUT2D eigenvalue weighted by Crippen LogP contribution is 2.40. The molecule has 10 heteroatoms. The van der Waals surface area contributed by atoms with Crippen LogP contribution in [0, 0.1) is 40.1 Å². The molecule has 1 atom stereocenters. The number of ether oxygens (including phenoxy) is 4. The molecule has 7 nitrogen and oxygen atoms in total. The van der Waals surface area contributed by atoms with Crippen LogP contribution in [0.3, 0.4) is 0 Å². The normalized spacial score (nSPS) is 11.3. The van der Waals surface area contributed by atoms with Gasteiger partial charge in [-0.05, 0) is 18.6 Å². The van der Waals surface area contributed by atoms with Crippen LogP contribution in [0.2, 0.25) is 0 Å². The van der Waals surface area contributed by atoms with Crippen molar-refractivity contribution in [1.29, 1.82) is 10.5 Å². The number of nitriles is 2. The van der Waals surface area contributed by atoms with Gasteiger partial charge in [0.05, 0.1) is 13.2 Å². The van der Waals surface area contributed by atoms with Crippen molar-refractivity contribution in [2.75, 3.05) is 20.3 Å².